The lowest BCUT2D eigenvalue weighted by Gasteiger charge is -2.24. The maximum Gasteiger partial charge on any atom is 0.296 e. The van der Waals surface area contributed by atoms with Crippen LogP contribution in [0.5, 0.6) is 5.75 Å². The van der Waals surface area contributed by atoms with E-state index in [-0.39, 0.29) is 23.4 Å². The van der Waals surface area contributed by atoms with E-state index < -0.39 is 23.5 Å². The minimum absolute atomic E-state index is 0.0457. The van der Waals surface area contributed by atoms with E-state index in [2.05, 4.69) is 0 Å². The van der Waals surface area contributed by atoms with Gasteiger partial charge in [-0.05, 0) is 42.5 Å². The average Bonchev–Trinajstić information content (AvgIpc) is 3.36. The Morgan fingerprint density at radius 1 is 1.10 bits per heavy atom. The molecule has 7 heteroatoms. The number of benzene rings is 2. The van der Waals surface area contributed by atoms with E-state index in [1.54, 1.807) is 42.5 Å². The van der Waals surface area contributed by atoms with Gasteiger partial charge in [-0.2, -0.15) is 0 Å². The van der Waals surface area contributed by atoms with Crippen molar-refractivity contribution in [3.8, 4) is 5.75 Å². The summed E-state index contributed by atoms with van der Waals surface area (Å²) in [6.45, 7) is -0.0457. The molecule has 1 amide bonds. The van der Waals surface area contributed by atoms with Crippen molar-refractivity contribution in [1.82, 2.24) is 4.90 Å². The van der Waals surface area contributed by atoms with Gasteiger partial charge in [0.1, 0.15) is 23.1 Å². The van der Waals surface area contributed by atoms with E-state index in [1.807, 2.05) is 0 Å². The predicted molar refractivity (Wildman–Crippen MR) is 106 cm³/mol. The van der Waals surface area contributed by atoms with Gasteiger partial charge < -0.3 is 19.2 Å². The minimum atomic E-state index is -1.10. The van der Waals surface area contributed by atoms with Crippen molar-refractivity contribution in [2.45, 2.75) is 12.6 Å². The molecule has 30 heavy (non-hydrogen) atoms. The van der Waals surface area contributed by atoms with Crippen molar-refractivity contribution in [1.29, 1.82) is 0 Å². The van der Waals surface area contributed by atoms with Gasteiger partial charge in [-0.1, -0.05) is 18.2 Å². The molecule has 0 aliphatic carbocycles. The van der Waals surface area contributed by atoms with Gasteiger partial charge >= 0.3 is 0 Å². The fourth-order valence-corrected chi connectivity index (χ4v) is 3.54. The van der Waals surface area contributed by atoms with Crippen LogP contribution in [0.1, 0.15) is 22.9 Å². The topological polar surface area (TPSA) is 80.0 Å². The van der Waals surface area contributed by atoms with Crippen LogP contribution in [0.3, 0.4) is 0 Å². The highest BCUT2D eigenvalue weighted by molar-refractivity contribution is 6.46. The van der Waals surface area contributed by atoms with Crippen LogP contribution < -0.4 is 4.74 Å². The molecule has 4 rings (SSSR count). The monoisotopic (exact) mass is 407 g/mol. The van der Waals surface area contributed by atoms with E-state index >= 15 is 0 Å². The molecule has 2 heterocycles. The van der Waals surface area contributed by atoms with Gasteiger partial charge in [0.05, 0.1) is 31.5 Å². The van der Waals surface area contributed by atoms with Crippen molar-refractivity contribution in [2.24, 2.45) is 0 Å². The number of halogens is 1. The molecular weight excluding hydrogens is 389 g/mol. The number of aliphatic hydroxyl groups is 1. The lowest BCUT2D eigenvalue weighted by molar-refractivity contribution is -0.140. The lowest BCUT2D eigenvalue weighted by Crippen LogP contribution is -2.29. The molecule has 2 aromatic carbocycles. The first-order valence-corrected chi connectivity index (χ1v) is 9.21. The zero-order valence-electron chi connectivity index (χ0n) is 16.0. The summed E-state index contributed by atoms with van der Waals surface area (Å²) in [5, 5.41) is 10.9. The van der Waals surface area contributed by atoms with E-state index in [0.717, 1.165) is 0 Å². The second kappa shape index (κ2) is 7.87. The molecule has 1 fully saturated rings. The molecular formula is C23H18FNO5. The van der Waals surface area contributed by atoms with Crippen molar-refractivity contribution in [3.63, 3.8) is 0 Å². The largest absolute Gasteiger partial charge is 0.507 e. The number of hydrogen-bond acceptors (Lipinski definition) is 5. The Bertz CT molecular complexity index is 1120. The number of aliphatic hydroxyl groups excluding tert-OH is 1. The minimum Gasteiger partial charge on any atom is -0.507 e. The molecule has 0 radical (unpaired) electrons. The van der Waals surface area contributed by atoms with Gasteiger partial charge in [0.15, 0.2) is 0 Å². The molecule has 1 saturated heterocycles. The van der Waals surface area contributed by atoms with Gasteiger partial charge in [0.2, 0.25) is 0 Å². The number of rotatable bonds is 5. The van der Waals surface area contributed by atoms with Crippen molar-refractivity contribution in [3.05, 3.63) is 95.2 Å². The van der Waals surface area contributed by atoms with Crippen molar-refractivity contribution in [2.75, 3.05) is 7.11 Å². The maximum absolute atomic E-state index is 14.7. The molecule has 0 bridgehead atoms. The highest BCUT2D eigenvalue weighted by Crippen LogP contribution is 2.41. The molecule has 6 nitrogen and oxygen atoms in total. The quantitative estimate of drug-likeness (QED) is 0.392. The third-order valence-electron chi connectivity index (χ3n) is 5.01. The summed E-state index contributed by atoms with van der Waals surface area (Å²) < 4.78 is 25.1. The highest BCUT2D eigenvalue weighted by Gasteiger charge is 2.47. The van der Waals surface area contributed by atoms with Crippen LogP contribution in [-0.4, -0.2) is 28.8 Å². The summed E-state index contributed by atoms with van der Waals surface area (Å²) in [5.74, 6) is -1.70. The number of Topliss-reactive ketones (excluding diaryl/α,β-unsaturated/α-hetero) is 1. The maximum atomic E-state index is 14.7. The zero-order chi connectivity index (χ0) is 21.3. The Labute approximate surface area is 171 Å². The van der Waals surface area contributed by atoms with Gasteiger partial charge in [-0.3, -0.25) is 9.59 Å². The number of likely N-dealkylation sites (tertiary alicyclic amines) is 1. The smallest absolute Gasteiger partial charge is 0.296 e. The zero-order valence-corrected chi connectivity index (χ0v) is 16.0. The van der Waals surface area contributed by atoms with Crippen LogP contribution >= 0.6 is 0 Å². The number of carbonyl (C=O) groups excluding carboxylic acids is 2. The molecule has 1 aliphatic rings. The number of methoxy groups -OCH3 is 1. The predicted octanol–water partition coefficient (Wildman–Crippen LogP) is 4.05. The van der Waals surface area contributed by atoms with E-state index in [9.17, 15) is 19.1 Å². The van der Waals surface area contributed by atoms with Crippen LogP contribution in [0, 0.1) is 5.82 Å². The number of nitrogens with zero attached hydrogens (tertiary/aromatic N) is 1. The van der Waals surface area contributed by atoms with E-state index in [0.29, 0.717) is 17.1 Å². The Kier molecular flexibility index (Phi) is 5.10. The Morgan fingerprint density at radius 3 is 2.47 bits per heavy atom. The first kappa shape index (κ1) is 19.4. The molecule has 3 aromatic rings. The third kappa shape index (κ3) is 3.34. The number of ether oxygens (including phenoxy) is 1. The fourth-order valence-electron chi connectivity index (χ4n) is 3.54. The summed E-state index contributed by atoms with van der Waals surface area (Å²) in [5.41, 5.74) is 0.244. The molecule has 1 atom stereocenters. The average molecular weight is 407 g/mol. The molecule has 1 aliphatic heterocycles. The molecule has 1 N–H and O–H groups in total. The van der Waals surface area contributed by atoms with Gasteiger partial charge in [0, 0.05) is 11.1 Å². The SMILES string of the molecule is COc1ccc(/C(O)=C2\C(=O)C(=O)N(Cc3ccco3)C2c2ccccc2F)cc1. The summed E-state index contributed by atoms with van der Waals surface area (Å²) in [6.07, 6.45) is 1.45. The summed E-state index contributed by atoms with van der Waals surface area (Å²) in [4.78, 5) is 26.9. The lowest BCUT2D eigenvalue weighted by atomic mass is 9.95. The first-order chi connectivity index (χ1) is 14.5. The first-order valence-electron chi connectivity index (χ1n) is 9.21. The summed E-state index contributed by atoms with van der Waals surface area (Å²) in [6, 6.07) is 14.4. The van der Waals surface area contributed by atoms with Crippen LogP contribution in [0.25, 0.3) is 5.76 Å². The molecule has 0 spiro atoms. The number of ketones is 1. The summed E-state index contributed by atoms with van der Waals surface area (Å²) >= 11 is 0. The van der Waals surface area contributed by atoms with Crippen molar-refractivity contribution >= 4 is 17.4 Å². The van der Waals surface area contributed by atoms with Gasteiger partial charge in [-0.15, -0.1) is 0 Å². The van der Waals surface area contributed by atoms with Crippen molar-refractivity contribution < 1.29 is 28.2 Å². The van der Waals surface area contributed by atoms with Crippen LogP contribution in [0.15, 0.2) is 76.9 Å². The van der Waals surface area contributed by atoms with Crippen LogP contribution in [0.4, 0.5) is 4.39 Å². The summed E-state index contributed by atoms with van der Waals surface area (Å²) in [7, 11) is 1.51. The second-order valence-corrected chi connectivity index (χ2v) is 6.76. The van der Waals surface area contributed by atoms with Gasteiger partial charge in [0.25, 0.3) is 11.7 Å². The Hall–Kier alpha value is -3.87. The molecule has 152 valence electrons. The number of amides is 1. The number of carbonyl (C=O) groups is 2. The Morgan fingerprint density at radius 2 is 1.83 bits per heavy atom. The Balaban J connectivity index is 1.87. The molecule has 0 saturated carbocycles. The normalized spacial score (nSPS) is 18.1. The van der Waals surface area contributed by atoms with E-state index in [4.69, 9.17) is 9.15 Å². The van der Waals surface area contributed by atoms with E-state index in [1.165, 1.54) is 36.5 Å². The molecule has 1 unspecified atom stereocenters. The van der Waals surface area contributed by atoms with Crippen LogP contribution in [-0.2, 0) is 16.1 Å². The highest BCUT2D eigenvalue weighted by atomic mass is 19.1. The standard InChI is InChI=1S/C23H18FNO5/c1-29-15-10-8-14(9-11-15)21(26)19-20(17-6-2-3-7-18(17)24)25(23(28)22(19)27)13-16-5-4-12-30-16/h2-12,20,26H,13H2,1H3/b21-19+. The number of furan rings is 1. The second-order valence-electron chi connectivity index (χ2n) is 6.76. The fraction of sp³-hybridized carbons (Fsp3) is 0.130. The third-order valence-corrected chi connectivity index (χ3v) is 5.01. The number of hydrogen-bond donors (Lipinski definition) is 1. The van der Waals surface area contributed by atoms with Crippen LogP contribution in [0.2, 0.25) is 0 Å². The van der Waals surface area contributed by atoms with Gasteiger partial charge in [-0.25, -0.2) is 4.39 Å². The molecule has 1 aromatic heterocycles.